The zero-order chi connectivity index (χ0) is 14.2. The molecule has 110 valence electrons. The molecular formula is C10H25O6PSi. The van der Waals surface area contributed by atoms with E-state index in [4.69, 9.17) is 23.1 Å². The molecule has 0 heterocycles. The van der Waals surface area contributed by atoms with Gasteiger partial charge in [0.25, 0.3) is 0 Å². The van der Waals surface area contributed by atoms with E-state index in [9.17, 15) is 4.57 Å². The quantitative estimate of drug-likeness (QED) is 0.474. The van der Waals surface area contributed by atoms with Gasteiger partial charge in [-0.05, 0) is 27.2 Å². The average Bonchev–Trinajstić information content (AvgIpc) is 2.26. The molecule has 0 aromatic carbocycles. The maximum absolute atomic E-state index is 11.0. The fourth-order valence-electron chi connectivity index (χ4n) is 1.43. The summed E-state index contributed by atoms with van der Waals surface area (Å²) in [6.45, 7) is 8.33. The Balaban J connectivity index is 4.77. The standard InChI is InChI=1S/C10H25O6PSi/c1-5-10(4)16-18(14-6-2,15-7-3)9-8-17(11,12)13/h10H,5-9H2,1-4H3,(H2,11,12,13). The Morgan fingerprint density at radius 2 is 1.67 bits per heavy atom. The van der Waals surface area contributed by atoms with Crippen molar-refractivity contribution in [1.82, 2.24) is 0 Å². The molecule has 1 atom stereocenters. The second-order valence-corrected chi connectivity index (χ2v) is 8.48. The highest BCUT2D eigenvalue weighted by Gasteiger charge is 2.43. The fraction of sp³-hybridized carbons (Fsp3) is 1.00. The maximum Gasteiger partial charge on any atom is 0.501 e. The molecule has 0 bridgehead atoms. The van der Waals surface area contributed by atoms with Crippen LogP contribution in [0.15, 0.2) is 0 Å². The molecule has 0 aliphatic rings. The predicted octanol–water partition coefficient (Wildman–Crippen LogP) is 1.99. The van der Waals surface area contributed by atoms with Crippen molar-refractivity contribution in [3.05, 3.63) is 0 Å². The smallest absolute Gasteiger partial charge is 0.374 e. The molecule has 6 nitrogen and oxygen atoms in total. The summed E-state index contributed by atoms with van der Waals surface area (Å²) in [6, 6.07) is 0.142. The van der Waals surface area contributed by atoms with E-state index in [1.807, 2.05) is 27.7 Å². The summed E-state index contributed by atoms with van der Waals surface area (Å²) in [6.07, 6.45) is 0.479. The largest absolute Gasteiger partial charge is 0.501 e. The van der Waals surface area contributed by atoms with Gasteiger partial charge in [0.05, 0.1) is 6.16 Å². The molecule has 0 radical (unpaired) electrons. The monoisotopic (exact) mass is 300 g/mol. The fourth-order valence-corrected chi connectivity index (χ4v) is 5.97. The van der Waals surface area contributed by atoms with Crippen LogP contribution in [-0.4, -0.2) is 44.1 Å². The highest BCUT2D eigenvalue weighted by molar-refractivity contribution is 7.51. The van der Waals surface area contributed by atoms with Crippen molar-refractivity contribution >= 4 is 16.4 Å². The SMILES string of the molecule is CCO[Si](CCP(=O)(O)O)(OCC)OC(C)CC. The van der Waals surface area contributed by atoms with Crippen molar-refractivity contribution in [1.29, 1.82) is 0 Å². The second kappa shape index (κ2) is 8.42. The summed E-state index contributed by atoms with van der Waals surface area (Å²) in [5.41, 5.74) is 0. The van der Waals surface area contributed by atoms with Gasteiger partial charge < -0.3 is 23.1 Å². The van der Waals surface area contributed by atoms with Gasteiger partial charge in [-0.1, -0.05) is 6.92 Å². The lowest BCUT2D eigenvalue weighted by Crippen LogP contribution is -2.48. The molecule has 0 aliphatic heterocycles. The van der Waals surface area contributed by atoms with Crippen LogP contribution in [0.1, 0.15) is 34.1 Å². The van der Waals surface area contributed by atoms with E-state index in [0.29, 0.717) is 13.2 Å². The lowest BCUT2D eigenvalue weighted by molar-refractivity contribution is 0.0381. The van der Waals surface area contributed by atoms with Crippen molar-refractivity contribution in [3.63, 3.8) is 0 Å². The lowest BCUT2D eigenvalue weighted by atomic mass is 10.3. The third-order valence-electron chi connectivity index (χ3n) is 2.39. The van der Waals surface area contributed by atoms with Gasteiger partial charge in [0.2, 0.25) is 0 Å². The van der Waals surface area contributed by atoms with Crippen LogP contribution in [-0.2, 0) is 17.8 Å². The zero-order valence-corrected chi connectivity index (χ0v) is 13.5. The summed E-state index contributed by atoms with van der Waals surface area (Å²) in [5, 5.41) is 0. The maximum atomic E-state index is 11.0. The molecule has 8 heteroatoms. The van der Waals surface area contributed by atoms with E-state index < -0.39 is 16.4 Å². The Morgan fingerprint density at radius 1 is 1.17 bits per heavy atom. The first-order valence-electron chi connectivity index (χ1n) is 6.28. The van der Waals surface area contributed by atoms with E-state index in [1.165, 1.54) is 0 Å². The molecule has 2 N–H and O–H groups in total. The molecule has 1 unspecified atom stereocenters. The van der Waals surface area contributed by atoms with Gasteiger partial charge in [0, 0.05) is 25.4 Å². The first-order valence-corrected chi connectivity index (χ1v) is 10.0. The first kappa shape index (κ1) is 18.2. The Kier molecular flexibility index (Phi) is 8.54. The highest BCUT2D eigenvalue weighted by atomic mass is 31.2. The summed E-state index contributed by atoms with van der Waals surface area (Å²) in [7, 11) is -7.05. The van der Waals surface area contributed by atoms with Crippen LogP contribution in [0, 0.1) is 0 Å². The van der Waals surface area contributed by atoms with Crippen molar-refractivity contribution in [2.45, 2.75) is 46.3 Å². The Hall–Kier alpha value is 0.247. The molecule has 0 spiro atoms. The Bertz CT molecular complexity index is 263. The van der Waals surface area contributed by atoms with E-state index in [-0.39, 0.29) is 18.3 Å². The van der Waals surface area contributed by atoms with Crippen LogP contribution in [0.4, 0.5) is 0 Å². The average molecular weight is 300 g/mol. The predicted molar refractivity (Wildman–Crippen MR) is 71.6 cm³/mol. The summed E-state index contributed by atoms with van der Waals surface area (Å²) in [4.78, 5) is 18.0. The summed E-state index contributed by atoms with van der Waals surface area (Å²) < 4.78 is 28.0. The molecular weight excluding hydrogens is 275 g/mol. The number of rotatable bonds is 10. The molecule has 0 rings (SSSR count). The topological polar surface area (TPSA) is 85.2 Å². The van der Waals surface area contributed by atoms with E-state index in [1.54, 1.807) is 0 Å². The normalized spacial score (nSPS) is 14.8. The third kappa shape index (κ3) is 7.63. The molecule has 0 aromatic rings. The van der Waals surface area contributed by atoms with Gasteiger partial charge >= 0.3 is 16.4 Å². The minimum atomic E-state index is -4.07. The Morgan fingerprint density at radius 3 is 2.00 bits per heavy atom. The van der Waals surface area contributed by atoms with Crippen molar-refractivity contribution in [2.75, 3.05) is 19.4 Å². The Labute approximate surface area is 110 Å². The van der Waals surface area contributed by atoms with Gasteiger partial charge in [-0.2, -0.15) is 0 Å². The second-order valence-electron chi connectivity index (χ2n) is 4.02. The van der Waals surface area contributed by atoms with Crippen LogP contribution in [0.25, 0.3) is 0 Å². The minimum absolute atomic E-state index is 0.0495. The molecule has 0 aromatic heterocycles. The van der Waals surface area contributed by atoms with Gasteiger partial charge in [-0.3, -0.25) is 4.57 Å². The highest BCUT2D eigenvalue weighted by Crippen LogP contribution is 2.38. The van der Waals surface area contributed by atoms with Crippen LogP contribution in [0.3, 0.4) is 0 Å². The van der Waals surface area contributed by atoms with E-state index >= 15 is 0 Å². The van der Waals surface area contributed by atoms with Crippen LogP contribution < -0.4 is 0 Å². The minimum Gasteiger partial charge on any atom is -0.374 e. The molecule has 0 saturated heterocycles. The number of hydrogen-bond acceptors (Lipinski definition) is 4. The molecule has 0 fully saturated rings. The first-order chi connectivity index (χ1) is 8.28. The van der Waals surface area contributed by atoms with Gasteiger partial charge in [-0.15, -0.1) is 0 Å². The van der Waals surface area contributed by atoms with Crippen molar-refractivity contribution in [2.24, 2.45) is 0 Å². The molecule has 0 aliphatic carbocycles. The van der Waals surface area contributed by atoms with Crippen molar-refractivity contribution < 1.29 is 27.6 Å². The third-order valence-corrected chi connectivity index (χ3v) is 6.70. The lowest BCUT2D eigenvalue weighted by Gasteiger charge is -2.31. The van der Waals surface area contributed by atoms with Crippen LogP contribution in [0.2, 0.25) is 6.04 Å². The molecule has 0 saturated carbocycles. The van der Waals surface area contributed by atoms with Gasteiger partial charge in [-0.25, -0.2) is 0 Å². The van der Waals surface area contributed by atoms with Crippen LogP contribution in [0.5, 0.6) is 0 Å². The molecule has 0 amide bonds. The molecule has 18 heavy (non-hydrogen) atoms. The zero-order valence-electron chi connectivity index (χ0n) is 11.6. The summed E-state index contributed by atoms with van der Waals surface area (Å²) in [5.74, 6) is 0. The van der Waals surface area contributed by atoms with E-state index in [2.05, 4.69) is 0 Å². The van der Waals surface area contributed by atoms with E-state index in [0.717, 1.165) is 6.42 Å². The van der Waals surface area contributed by atoms with Crippen LogP contribution >= 0.6 is 7.60 Å². The number of hydrogen-bond donors (Lipinski definition) is 2. The van der Waals surface area contributed by atoms with Gasteiger partial charge in [0.1, 0.15) is 0 Å². The van der Waals surface area contributed by atoms with Gasteiger partial charge in [0.15, 0.2) is 0 Å². The van der Waals surface area contributed by atoms with Crippen molar-refractivity contribution in [3.8, 4) is 0 Å². The summed E-state index contributed by atoms with van der Waals surface area (Å²) >= 11 is 0.